The van der Waals surface area contributed by atoms with E-state index >= 15 is 0 Å². The molecule has 0 atom stereocenters. The average Bonchev–Trinajstić information content (AvgIpc) is 2.47. The Morgan fingerprint density at radius 1 is 1.05 bits per heavy atom. The minimum absolute atomic E-state index is 0.536. The van der Waals surface area contributed by atoms with Crippen molar-refractivity contribution in [1.29, 1.82) is 0 Å². The fraction of sp³-hybridized carbons (Fsp3) is 0.133. The van der Waals surface area contributed by atoms with Crippen molar-refractivity contribution in [3.8, 4) is 22.6 Å². The summed E-state index contributed by atoms with van der Waals surface area (Å²) in [7, 11) is 3.21. The largest absolute Gasteiger partial charge is 0.497 e. The highest BCUT2D eigenvalue weighted by Crippen LogP contribution is 2.34. The van der Waals surface area contributed by atoms with Crippen LogP contribution in [0.5, 0.6) is 11.5 Å². The van der Waals surface area contributed by atoms with E-state index in [2.05, 4.69) is 4.99 Å². The van der Waals surface area contributed by atoms with Gasteiger partial charge in [0.25, 0.3) is 0 Å². The molecule has 4 heteroatoms. The molecule has 0 saturated heterocycles. The maximum Gasteiger partial charge on any atom is 0.240 e. The number of aliphatic imine (C=N–C) groups is 1. The van der Waals surface area contributed by atoms with Crippen LogP contribution in [0, 0.1) is 0 Å². The lowest BCUT2D eigenvalue weighted by atomic mass is 10.0. The smallest absolute Gasteiger partial charge is 0.240 e. The van der Waals surface area contributed by atoms with E-state index < -0.39 is 0 Å². The zero-order valence-electron chi connectivity index (χ0n) is 10.7. The van der Waals surface area contributed by atoms with Crippen molar-refractivity contribution >= 4 is 11.8 Å². The fourth-order valence-corrected chi connectivity index (χ4v) is 1.83. The highest BCUT2D eigenvalue weighted by atomic mass is 16.5. The first-order valence-electron chi connectivity index (χ1n) is 5.69. The third kappa shape index (κ3) is 2.81. The van der Waals surface area contributed by atoms with Gasteiger partial charge in [0, 0.05) is 5.56 Å². The van der Waals surface area contributed by atoms with E-state index in [1.165, 1.54) is 6.08 Å². The molecule has 0 N–H and O–H groups in total. The number of methoxy groups -OCH3 is 2. The molecule has 2 rings (SSSR count). The summed E-state index contributed by atoms with van der Waals surface area (Å²) < 4.78 is 10.5. The van der Waals surface area contributed by atoms with Crippen molar-refractivity contribution in [2.45, 2.75) is 0 Å². The first-order chi connectivity index (χ1) is 9.28. The third-order valence-corrected chi connectivity index (χ3v) is 2.74. The van der Waals surface area contributed by atoms with E-state index in [4.69, 9.17) is 9.47 Å². The van der Waals surface area contributed by atoms with E-state index in [0.717, 1.165) is 16.9 Å². The van der Waals surface area contributed by atoms with Crippen LogP contribution in [-0.4, -0.2) is 20.3 Å². The molecule has 0 unspecified atom stereocenters. The number of isocyanates is 1. The van der Waals surface area contributed by atoms with Crippen LogP contribution in [0.3, 0.4) is 0 Å². The van der Waals surface area contributed by atoms with Gasteiger partial charge < -0.3 is 9.47 Å². The summed E-state index contributed by atoms with van der Waals surface area (Å²) in [5, 5.41) is 0. The predicted molar refractivity (Wildman–Crippen MR) is 72.8 cm³/mol. The molecule has 0 aliphatic carbocycles. The summed E-state index contributed by atoms with van der Waals surface area (Å²) >= 11 is 0. The summed E-state index contributed by atoms with van der Waals surface area (Å²) in [5.74, 6) is 1.46. The number of nitrogens with zero attached hydrogens (tertiary/aromatic N) is 1. The predicted octanol–water partition coefficient (Wildman–Crippen LogP) is 3.34. The molecule has 19 heavy (non-hydrogen) atoms. The van der Waals surface area contributed by atoms with Gasteiger partial charge in [0.05, 0.1) is 19.9 Å². The zero-order chi connectivity index (χ0) is 13.7. The van der Waals surface area contributed by atoms with Crippen LogP contribution in [0.4, 0.5) is 5.69 Å². The number of ether oxygens (including phenoxy) is 2. The van der Waals surface area contributed by atoms with Crippen molar-refractivity contribution in [2.75, 3.05) is 14.2 Å². The molecule has 2 aromatic rings. The average molecular weight is 255 g/mol. The molecule has 2 aromatic carbocycles. The quantitative estimate of drug-likeness (QED) is 0.622. The minimum Gasteiger partial charge on any atom is -0.497 e. The van der Waals surface area contributed by atoms with Crippen LogP contribution in [0.2, 0.25) is 0 Å². The van der Waals surface area contributed by atoms with Crippen molar-refractivity contribution in [3.63, 3.8) is 0 Å². The van der Waals surface area contributed by atoms with Gasteiger partial charge >= 0.3 is 0 Å². The second-order valence-corrected chi connectivity index (χ2v) is 3.82. The number of rotatable bonds is 4. The van der Waals surface area contributed by atoms with Crippen LogP contribution in [0.15, 0.2) is 47.5 Å². The van der Waals surface area contributed by atoms with Gasteiger partial charge in [0.15, 0.2) is 0 Å². The molecule has 0 aliphatic rings. The Bertz CT molecular complexity index is 631. The summed E-state index contributed by atoms with van der Waals surface area (Å²) in [5.41, 5.74) is 2.31. The van der Waals surface area contributed by atoms with Gasteiger partial charge in [-0.3, -0.25) is 0 Å². The Balaban J connectivity index is 2.57. The molecule has 0 aliphatic heterocycles. The molecule has 0 heterocycles. The minimum atomic E-state index is 0.536. The Kier molecular flexibility index (Phi) is 3.96. The van der Waals surface area contributed by atoms with Crippen LogP contribution < -0.4 is 9.47 Å². The van der Waals surface area contributed by atoms with Gasteiger partial charge in [0.2, 0.25) is 6.08 Å². The second kappa shape index (κ2) is 5.85. The van der Waals surface area contributed by atoms with Gasteiger partial charge in [-0.1, -0.05) is 12.1 Å². The van der Waals surface area contributed by atoms with Gasteiger partial charge in [-0.25, -0.2) is 4.79 Å². The summed E-state index contributed by atoms with van der Waals surface area (Å²) in [4.78, 5) is 14.0. The van der Waals surface area contributed by atoms with Crippen LogP contribution in [0.1, 0.15) is 0 Å². The maximum atomic E-state index is 10.3. The van der Waals surface area contributed by atoms with Crippen molar-refractivity contribution in [2.24, 2.45) is 4.99 Å². The molecule has 4 nitrogen and oxygen atoms in total. The molecule has 0 fully saturated rings. The third-order valence-electron chi connectivity index (χ3n) is 2.74. The monoisotopic (exact) mass is 255 g/mol. The van der Waals surface area contributed by atoms with Gasteiger partial charge in [0.1, 0.15) is 11.5 Å². The maximum absolute atomic E-state index is 10.3. The number of carbonyl (C=O) groups excluding carboxylic acids is 1. The molecule has 0 amide bonds. The summed E-state index contributed by atoms with van der Waals surface area (Å²) in [6.07, 6.45) is 1.53. The number of hydrogen-bond donors (Lipinski definition) is 0. The molecule has 0 aromatic heterocycles. The fourth-order valence-electron chi connectivity index (χ4n) is 1.83. The molecular formula is C15H13NO3. The molecule has 0 saturated carbocycles. The number of benzene rings is 2. The summed E-state index contributed by atoms with van der Waals surface area (Å²) in [6, 6.07) is 12.8. The van der Waals surface area contributed by atoms with E-state index in [0.29, 0.717) is 11.4 Å². The lowest BCUT2D eigenvalue weighted by molar-refractivity contribution is 0.413. The first kappa shape index (κ1) is 12.9. The van der Waals surface area contributed by atoms with Crippen LogP contribution >= 0.6 is 0 Å². The Hall–Kier alpha value is -2.58. The lowest BCUT2D eigenvalue weighted by Gasteiger charge is -2.10. The SMILES string of the molecule is COc1cccc(-c2cc(N=C=O)ccc2OC)c1. The van der Waals surface area contributed by atoms with Crippen LogP contribution in [0.25, 0.3) is 11.1 Å². The molecule has 0 radical (unpaired) electrons. The normalized spacial score (nSPS) is 9.58. The second-order valence-electron chi connectivity index (χ2n) is 3.82. The Morgan fingerprint density at radius 3 is 2.58 bits per heavy atom. The molecule has 0 bridgehead atoms. The summed E-state index contributed by atoms with van der Waals surface area (Å²) in [6.45, 7) is 0. The van der Waals surface area contributed by atoms with Crippen LogP contribution in [-0.2, 0) is 4.79 Å². The van der Waals surface area contributed by atoms with E-state index in [-0.39, 0.29) is 0 Å². The topological polar surface area (TPSA) is 47.9 Å². The molecule has 0 spiro atoms. The first-order valence-corrected chi connectivity index (χ1v) is 5.69. The van der Waals surface area contributed by atoms with Crippen molar-refractivity contribution in [3.05, 3.63) is 42.5 Å². The highest BCUT2D eigenvalue weighted by Gasteiger charge is 2.08. The van der Waals surface area contributed by atoms with Crippen molar-refractivity contribution in [1.82, 2.24) is 0 Å². The lowest BCUT2D eigenvalue weighted by Crippen LogP contribution is -1.89. The Morgan fingerprint density at radius 2 is 1.89 bits per heavy atom. The molecule has 96 valence electrons. The van der Waals surface area contributed by atoms with Gasteiger partial charge in [-0.05, 0) is 35.9 Å². The Labute approximate surface area is 111 Å². The molecular weight excluding hydrogens is 242 g/mol. The van der Waals surface area contributed by atoms with E-state index in [1.807, 2.05) is 24.3 Å². The van der Waals surface area contributed by atoms with E-state index in [9.17, 15) is 4.79 Å². The van der Waals surface area contributed by atoms with Gasteiger partial charge in [-0.2, -0.15) is 4.99 Å². The highest BCUT2D eigenvalue weighted by molar-refractivity contribution is 5.75. The van der Waals surface area contributed by atoms with Gasteiger partial charge in [-0.15, -0.1) is 0 Å². The van der Waals surface area contributed by atoms with Crippen molar-refractivity contribution < 1.29 is 14.3 Å². The standard InChI is InChI=1S/C15H13NO3/c1-18-13-5-3-4-11(8-13)14-9-12(16-10-17)6-7-15(14)19-2/h3-9H,1-2H3. The van der Waals surface area contributed by atoms with E-state index in [1.54, 1.807) is 32.4 Å². The number of hydrogen-bond acceptors (Lipinski definition) is 4. The zero-order valence-corrected chi connectivity index (χ0v) is 10.7.